The van der Waals surface area contributed by atoms with Gasteiger partial charge in [-0.1, -0.05) is 6.07 Å². The summed E-state index contributed by atoms with van der Waals surface area (Å²) in [4.78, 5) is 2.62. The van der Waals surface area contributed by atoms with Crippen LogP contribution in [0.5, 0.6) is 0 Å². The summed E-state index contributed by atoms with van der Waals surface area (Å²) in [6.45, 7) is 1.63. The van der Waals surface area contributed by atoms with Gasteiger partial charge in [0.1, 0.15) is 0 Å². The molecule has 1 saturated heterocycles. The van der Waals surface area contributed by atoms with Crippen LogP contribution in [0.2, 0.25) is 0 Å². The van der Waals surface area contributed by atoms with E-state index < -0.39 is 12.7 Å². The van der Waals surface area contributed by atoms with Gasteiger partial charge in [-0.3, -0.25) is 10.00 Å². The van der Waals surface area contributed by atoms with Gasteiger partial charge in [-0.15, -0.1) is 11.3 Å². The van der Waals surface area contributed by atoms with Crippen LogP contribution in [-0.4, -0.2) is 47.5 Å². The Balaban J connectivity index is 1.45. The van der Waals surface area contributed by atoms with Crippen LogP contribution < -0.4 is 5.32 Å². The van der Waals surface area contributed by atoms with E-state index in [1.165, 1.54) is 4.90 Å². The molecule has 2 aromatic rings. The Labute approximate surface area is 136 Å². The standard InChI is InChI=1S/C15H19F3N4S/c16-15(17,18)10-22-4-3-11(9-22)6-19-7-12-8-20-21-14(12)13-2-1-5-23-13/h1-2,5,8,11,19H,3-4,6-7,9-10H2,(H,20,21). The van der Waals surface area contributed by atoms with Gasteiger partial charge in [0.05, 0.1) is 23.3 Å². The number of alkyl halides is 3. The summed E-state index contributed by atoms with van der Waals surface area (Å²) in [5.74, 6) is 0.273. The lowest BCUT2D eigenvalue weighted by Gasteiger charge is -2.18. The summed E-state index contributed by atoms with van der Waals surface area (Å²) < 4.78 is 37.2. The van der Waals surface area contributed by atoms with Gasteiger partial charge in [0.15, 0.2) is 0 Å². The zero-order valence-electron chi connectivity index (χ0n) is 12.6. The lowest BCUT2D eigenvalue weighted by atomic mass is 10.1. The maximum absolute atomic E-state index is 12.4. The SMILES string of the molecule is FC(F)(F)CN1CCC(CNCc2cn[nH]c2-c2cccs2)C1. The molecule has 4 nitrogen and oxygen atoms in total. The minimum Gasteiger partial charge on any atom is -0.312 e. The van der Waals surface area contributed by atoms with Crippen LogP contribution in [0.4, 0.5) is 13.2 Å². The molecule has 2 N–H and O–H groups in total. The molecule has 0 aliphatic carbocycles. The summed E-state index contributed by atoms with van der Waals surface area (Å²) in [5.41, 5.74) is 2.09. The minimum atomic E-state index is -4.10. The smallest absolute Gasteiger partial charge is 0.312 e. The first kappa shape index (κ1) is 16.5. The average molecular weight is 344 g/mol. The Morgan fingerprint density at radius 1 is 1.43 bits per heavy atom. The molecule has 3 heterocycles. The first-order valence-electron chi connectivity index (χ1n) is 7.57. The molecule has 1 aliphatic heterocycles. The molecule has 126 valence electrons. The van der Waals surface area contributed by atoms with E-state index in [-0.39, 0.29) is 5.92 Å². The third-order valence-electron chi connectivity index (χ3n) is 4.01. The second-order valence-corrected chi connectivity index (χ2v) is 6.83. The molecule has 1 fully saturated rings. The van der Waals surface area contributed by atoms with Crippen molar-refractivity contribution in [1.82, 2.24) is 20.4 Å². The Kier molecular flexibility index (Phi) is 5.03. The number of hydrogen-bond donors (Lipinski definition) is 2. The Hall–Kier alpha value is -1.38. The van der Waals surface area contributed by atoms with E-state index in [4.69, 9.17) is 0 Å². The molecule has 0 spiro atoms. The molecule has 0 amide bonds. The first-order chi connectivity index (χ1) is 11.0. The van der Waals surface area contributed by atoms with Gasteiger partial charge >= 0.3 is 6.18 Å². The number of rotatable bonds is 6. The fourth-order valence-electron chi connectivity index (χ4n) is 2.97. The third-order valence-corrected chi connectivity index (χ3v) is 4.89. The number of halogens is 3. The van der Waals surface area contributed by atoms with Crippen molar-refractivity contribution in [2.45, 2.75) is 19.1 Å². The van der Waals surface area contributed by atoms with Crippen LogP contribution in [0.15, 0.2) is 23.7 Å². The van der Waals surface area contributed by atoms with E-state index in [1.807, 2.05) is 17.5 Å². The van der Waals surface area contributed by atoms with Crippen LogP contribution in [0.3, 0.4) is 0 Å². The van der Waals surface area contributed by atoms with E-state index in [2.05, 4.69) is 15.5 Å². The molecular formula is C15H19F3N4S. The first-order valence-corrected chi connectivity index (χ1v) is 8.45. The van der Waals surface area contributed by atoms with Crippen molar-refractivity contribution in [1.29, 1.82) is 0 Å². The monoisotopic (exact) mass is 344 g/mol. The molecule has 0 bridgehead atoms. The molecule has 23 heavy (non-hydrogen) atoms. The van der Waals surface area contributed by atoms with E-state index in [0.29, 0.717) is 19.6 Å². The van der Waals surface area contributed by atoms with Gasteiger partial charge in [0.2, 0.25) is 0 Å². The maximum atomic E-state index is 12.4. The van der Waals surface area contributed by atoms with Crippen molar-refractivity contribution in [2.24, 2.45) is 5.92 Å². The molecule has 0 aromatic carbocycles. The minimum absolute atomic E-state index is 0.273. The zero-order valence-corrected chi connectivity index (χ0v) is 13.4. The topological polar surface area (TPSA) is 44.0 Å². The molecule has 1 atom stereocenters. The van der Waals surface area contributed by atoms with Crippen molar-refractivity contribution in [3.63, 3.8) is 0 Å². The number of nitrogens with zero attached hydrogens (tertiary/aromatic N) is 2. The number of nitrogens with one attached hydrogen (secondary N) is 2. The van der Waals surface area contributed by atoms with Crippen molar-refractivity contribution >= 4 is 11.3 Å². The number of H-pyrrole nitrogens is 1. The van der Waals surface area contributed by atoms with Gasteiger partial charge in [-0.05, 0) is 36.9 Å². The van der Waals surface area contributed by atoms with E-state index >= 15 is 0 Å². The fraction of sp³-hybridized carbons (Fsp3) is 0.533. The molecular weight excluding hydrogens is 325 g/mol. The summed E-state index contributed by atoms with van der Waals surface area (Å²) in [6.07, 6.45) is -1.49. The maximum Gasteiger partial charge on any atom is 0.401 e. The van der Waals surface area contributed by atoms with Crippen LogP contribution in [0, 0.1) is 5.92 Å². The highest BCUT2D eigenvalue weighted by molar-refractivity contribution is 7.13. The fourth-order valence-corrected chi connectivity index (χ4v) is 3.72. The number of hydrogen-bond acceptors (Lipinski definition) is 4. The number of likely N-dealkylation sites (tertiary alicyclic amines) is 1. The highest BCUT2D eigenvalue weighted by atomic mass is 32.1. The Bertz CT molecular complexity index is 609. The van der Waals surface area contributed by atoms with Crippen molar-refractivity contribution in [2.75, 3.05) is 26.2 Å². The molecule has 2 aromatic heterocycles. The second kappa shape index (κ2) is 7.02. The van der Waals surface area contributed by atoms with E-state index in [1.54, 1.807) is 17.5 Å². The number of aromatic nitrogens is 2. The van der Waals surface area contributed by atoms with Crippen molar-refractivity contribution in [3.8, 4) is 10.6 Å². The molecule has 8 heteroatoms. The summed E-state index contributed by atoms with van der Waals surface area (Å²) in [7, 11) is 0. The molecule has 1 unspecified atom stereocenters. The predicted octanol–water partition coefficient (Wildman–Crippen LogP) is 3.11. The average Bonchev–Trinajstić information content (AvgIpc) is 3.17. The van der Waals surface area contributed by atoms with Crippen molar-refractivity contribution in [3.05, 3.63) is 29.3 Å². The van der Waals surface area contributed by atoms with Gasteiger partial charge in [-0.2, -0.15) is 18.3 Å². The molecule has 0 radical (unpaired) electrons. The number of thiophene rings is 1. The van der Waals surface area contributed by atoms with Crippen LogP contribution in [-0.2, 0) is 6.54 Å². The Morgan fingerprint density at radius 3 is 3.04 bits per heavy atom. The van der Waals surface area contributed by atoms with Crippen LogP contribution in [0.1, 0.15) is 12.0 Å². The van der Waals surface area contributed by atoms with E-state index in [0.717, 1.165) is 29.1 Å². The highest BCUT2D eigenvalue weighted by Gasteiger charge is 2.34. The Morgan fingerprint density at radius 2 is 2.30 bits per heavy atom. The van der Waals surface area contributed by atoms with Crippen LogP contribution >= 0.6 is 11.3 Å². The van der Waals surface area contributed by atoms with Crippen LogP contribution in [0.25, 0.3) is 10.6 Å². The summed E-state index contributed by atoms with van der Waals surface area (Å²) >= 11 is 1.65. The van der Waals surface area contributed by atoms with Gasteiger partial charge in [0, 0.05) is 18.7 Å². The van der Waals surface area contributed by atoms with Crippen molar-refractivity contribution < 1.29 is 13.2 Å². The lowest BCUT2D eigenvalue weighted by molar-refractivity contribution is -0.143. The van der Waals surface area contributed by atoms with Gasteiger partial charge in [-0.25, -0.2) is 0 Å². The quantitative estimate of drug-likeness (QED) is 0.846. The largest absolute Gasteiger partial charge is 0.401 e. The van der Waals surface area contributed by atoms with Gasteiger partial charge in [0.25, 0.3) is 0 Å². The summed E-state index contributed by atoms with van der Waals surface area (Å²) in [5, 5.41) is 12.5. The molecule has 1 aliphatic rings. The predicted molar refractivity (Wildman–Crippen MR) is 84.2 cm³/mol. The van der Waals surface area contributed by atoms with E-state index in [9.17, 15) is 13.2 Å². The summed E-state index contributed by atoms with van der Waals surface area (Å²) in [6, 6.07) is 4.03. The normalized spacial score (nSPS) is 19.5. The molecule has 3 rings (SSSR count). The third kappa shape index (κ3) is 4.55. The zero-order chi connectivity index (χ0) is 16.3. The lowest BCUT2D eigenvalue weighted by Crippen LogP contribution is -2.33. The highest BCUT2D eigenvalue weighted by Crippen LogP contribution is 2.26. The second-order valence-electron chi connectivity index (χ2n) is 5.88. The molecule has 0 saturated carbocycles. The number of aromatic amines is 1. The van der Waals surface area contributed by atoms with Gasteiger partial charge < -0.3 is 5.32 Å².